The van der Waals surface area contributed by atoms with Crippen LogP contribution in [0, 0.1) is 0 Å². The third-order valence-electron chi connectivity index (χ3n) is 10.1. The van der Waals surface area contributed by atoms with Gasteiger partial charge in [-0.1, -0.05) is 24.3 Å². The first-order chi connectivity index (χ1) is 31.0. The normalized spacial score (nSPS) is 17.2. The van der Waals surface area contributed by atoms with Crippen molar-refractivity contribution >= 4 is 71.1 Å². The molecule has 0 radical (unpaired) electrons. The van der Waals surface area contributed by atoms with E-state index in [0.29, 0.717) is 4.90 Å². The number of unbranched alkanes of at least 4 members (excludes halogenated alkanes) is 1. The number of para-hydroxylation sites is 2. The summed E-state index contributed by atoms with van der Waals surface area (Å²) in [5, 5.41) is 21.6. The van der Waals surface area contributed by atoms with Crippen LogP contribution >= 0.6 is 11.8 Å². The summed E-state index contributed by atoms with van der Waals surface area (Å²) in [5.74, 6) is -10.7. The molecule has 0 bridgehead atoms. The van der Waals surface area contributed by atoms with Gasteiger partial charge in [0, 0.05) is 45.5 Å². The van der Waals surface area contributed by atoms with Crippen molar-refractivity contribution in [3.05, 3.63) is 77.4 Å². The summed E-state index contributed by atoms with van der Waals surface area (Å²) in [6, 6.07) is 8.57. The van der Waals surface area contributed by atoms with Crippen molar-refractivity contribution < 1.29 is 77.1 Å². The number of benzene rings is 3. The third kappa shape index (κ3) is 11.1. The van der Waals surface area contributed by atoms with Crippen LogP contribution in [0.4, 0.5) is 0 Å². The number of thioether (sulfide) groups is 1. The predicted octanol–water partition coefficient (Wildman–Crippen LogP) is 2.32. The molecule has 4 atom stereocenters. The largest absolute Gasteiger partial charge is 0.508 e. The summed E-state index contributed by atoms with van der Waals surface area (Å²) in [7, 11) is 0. The summed E-state index contributed by atoms with van der Waals surface area (Å²) in [6.07, 6.45) is 0.162. The van der Waals surface area contributed by atoms with Gasteiger partial charge in [0.25, 0.3) is 23.6 Å². The van der Waals surface area contributed by atoms with Crippen LogP contribution in [-0.2, 0) is 38.4 Å². The van der Waals surface area contributed by atoms with Gasteiger partial charge in [0.2, 0.25) is 5.91 Å². The lowest BCUT2D eigenvalue weighted by Gasteiger charge is -2.48. The number of rotatable bonds is 17. The second-order valence-corrected chi connectivity index (χ2v) is 17.3. The Morgan fingerprint density at radius 2 is 1.32 bits per heavy atom. The number of carbonyl (C=O) groups is 10. The van der Waals surface area contributed by atoms with Gasteiger partial charge in [0.15, 0.2) is 23.0 Å². The van der Waals surface area contributed by atoms with Gasteiger partial charge in [-0.2, -0.15) is 0 Å². The molecule has 350 valence electrons. The summed E-state index contributed by atoms with van der Waals surface area (Å²) in [4.78, 5) is 134. The summed E-state index contributed by atoms with van der Waals surface area (Å²) in [6.45, 7) is 6.24. The van der Waals surface area contributed by atoms with Gasteiger partial charge in [0.1, 0.15) is 35.8 Å². The van der Waals surface area contributed by atoms with E-state index in [1.54, 1.807) is 13.8 Å². The fourth-order valence-electron chi connectivity index (χ4n) is 7.35. The average Bonchev–Trinajstić information content (AvgIpc) is 3.49. The number of phenols is 1. The Kier molecular flexibility index (Phi) is 15.6. The van der Waals surface area contributed by atoms with Gasteiger partial charge < -0.3 is 50.0 Å². The average molecular weight is 934 g/mol. The summed E-state index contributed by atoms with van der Waals surface area (Å²) >= 11 is 1.05. The van der Waals surface area contributed by atoms with E-state index in [1.165, 1.54) is 60.7 Å². The predicted molar refractivity (Wildman–Crippen MR) is 230 cm³/mol. The zero-order chi connectivity index (χ0) is 48.8. The molecule has 0 saturated carbocycles. The molecule has 2 fully saturated rings. The number of amides is 5. The molecule has 5 amide bonds. The lowest BCUT2D eigenvalue weighted by Crippen LogP contribution is -2.73. The van der Waals surface area contributed by atoms with Crippen molar-refractivity contribution in [1.29, 1.82) is 0 Å². The minimum Gasteiger partial charge on any atom is -0.508 e. The maximum absolute atomic E-state index is 14.7. The number of aliphatic carboxylic acids is 1. The zero-order valence-electron chi connectivity index (χ0n) is 36.6. The van der Waals surface area contributed by atoms with Gasteiger partial charge in [-0.05, 0) is 68.7 Å². The maximum atomic E-state index is 14.7. The van der Waals surface area contributed by atoms with Gasteiger partial charge in [-0.3, -0.25) is 48.1 Å². The van der Waals surface area contributed by atoms with Crippen molar-refractivity contribution in [2.45, 2.75) is 82.6 Å². The van der Waals surface area contributed by atoms with Crippen LogP contribution in [0.15, 0.2) is 60.7 Å². The molecule has 0 spiro atoms. The Morgan fingerprint density at radius 3 is 1.85 bits per heavy atom. The van der Waals surface area contributed by atoms with E-state index >= 15 is 0 Å². The van der Waals surface area contributed by atoms with Gasteiger partial charge in [-0.25, -0.2) is 4.79 Å². The van der Waals surface area contributed by atoms with Crippen LogP contribution in [-0.4, -0.2) is 126 Å². The summed E-state index contributed by atoms with van der Waals surface area (Å²) in [5.41, 5.74) is 6.05. The van der Waals surface area contributed by atoms with Gasteiger partial charge in [-0.15, -0.1) is 11.8 Å². The van der Waals surface area contributed by atoms with Gasteiger partial charge >= 0.3 is 29.8 Å². The minimum atomic E-state index is -1.59. The number of phenolic OH excluding ortho intramolecular Hbond substituents is 1. The van der Waals surface area contributed by atoms with E-state index in [-0.39, 0.29) is 65.6 Å². The van der Waals surface area contributed by atoms with E-state index in [2.05, 4.69) is 5.32 Å². The topological polar surface area (TPSA) is 296 Å². The highest BCUT2D eigenvalue weighted by molar-refractivity contribution is 8.01. The molecule has 2 saturated heterocycles. The number of carboxylic acid groups (broad SMARTS) is 1. The smallest absolute Gasteiger partial charge is 0.327 e. The highest BCUT2D eigenvalue weighted by Gasteiger charge is 2.66. The molecule has 5 rings (SSSR count). The van der Waals surface area contributed by atoms with Crippen molar-refractivity contribution in [2.75, 3.05) is 19.6 Å². The number of carbonyl (C=O) groups excluding carboxylic acids is 9. The number of nitrogens with one attached hydrogen (secondary N) is 1. The van der Waals surface area contributed by atoms with E-state index in [4.69, 9.17) is 24.7 Å². The number of β-lactam (4-membered cyclic amide) rings is 1. The van der Waals surface area contributed by atoms with Crippen LogP contribution in [0.3, 0.4) is 0 Å². The van der Waals surface area contributed by atoms with Crippen molar-refractivity contribution in [1.82, 2.24) is 20.0 Å². The van der Waals surface area contributed by atoms with Crippen LogP contribution < -0.4 is 30.0 Å². The van der Waals surface area contributed by atoms with Crippen molar-refractivity contribution in [3.63, 3.8) is 0 Å². The Labute approximate surface area is 381 Å². The molecule has 2 aliphatic heterocycles. The number of carboxylic acids is 1. The number of imide groups is 1. The molecule has 21 nitrogen and oxygen atoms in total. The quantitative estimate of drug-likeness (QED) is 0.0653. The number of esters is 4. The molecule has 66 heavy (non-hydrogen) atoms. The first-order valence-corrected chi connectivity index (χ1v) is 21.1. The molecule has 22 heteroatoms. The molecule has 3 aromatic rings. The fraction of sp³-hybridized carbons (Fsp3) is 0.364. The monoisotopic (exact) mass is 933 g/mol. The zero-order valence-corrected chi connectivity index (χ0v) is 37.4. The number of hydrogen-bond donors (Lipinski definition) is 4. The minimum absolute atomic E-state index is 0.0419. The third-order valence-corrected chi connectivity index (χ3v) is 11.7. The number of hydrogen-bond acceptors (Lipinski definition) is 17. The molecule has 1 unspecified atom stereocenters. The number of fused-ring (bicyclic) bond motifs is 1. The summed E-state index contributed by atoms with van der Waals surface area (Å²) < 4.78 is 19.7. The highest BCUT2D eigenvalue weighted by Crippen LogP contribution is 2.52. The molecule has 5 N–H and O–H groups in total. The Morgan fingerprint density at radius 1 is 0.788 bits per heavy atom. The molecule has 0 aromatic heterocycles. The molecule has 0 aliphatic carbocycles. The van der Waals surface area contributed by atoms with Crippen molar-refractivity contribution in [2.24, 2.45) is 5.73 Å². The standard InChI is InChI=1S/C44H47N5O16S/c1-22(50)62-30-13-9-11-28(35(30)64-24(3)52)38(56)46-19-7-8-20-47(39(57)29-12-10-14-31(63-23(2)51)36(29)65-25(4)53)21-32(55)48(40(58)33(45)26-15-17-27(54)18-16-26)34-41(59)49-37(43(60)61)44(5,6)66-42(34)49/h9-18,33-34,37,42,54H,7-8,19-21,45H2,1-6H3,(H,46,56)(H,60,61)/t33?,34-,37+,42-/m1/s1. The van der Waals surface area contributed by atoms with E-state index in [1.807, 2.05) is 0 Å². The van der Waals surface area contributed by atoms with E-state index in [9.17, 15) is 58.2 Å². The number of ether oxygens (including phenoxy) is 4. The van der Waals surface area contributed by atoms with E-state index < -0.39 is 99.9 Å². The first kappa shape index (κ1) is 49.7. The lowest BCUT2D eigenvalue weighted by atomic mass is 9.94. The van der Waals surface area contributed by atoms with Crippen LogP contribution in [0.25, 0.3) is 0 Å². The van der Waals surface area contributed by atoms with Crippen LogP contribution in [0.2, 0.25) is 0 Å². The molecule has 3 aromatic carbocycles. The number of aromatic hydroxyl groups is 1. The Hall–Kier alpha value is -7.33. The molecule has 2 heterocycles. The molecular formula is C44H47N5O16S. The Balaban J connectivity index is 1.48. The highest BCUT2D eigenvalue weighted by atomic mass is 32.2. The van der Waals surface area contributed by atoms with Gasteiger partial charge in [0.05, 0.1) is 11.1 Å². The van der Waals surface area contributed by atoms with E-state index in [0.717, 1.165) is 49.3 Å². The fourth-order valence-corrected chi connectivity index (χ4v) is 9.03. The maximum Gasteiger partial charge on any atom is 0.327 e. The molecule has 2 aliphatic rings. The lowest BCUT2D eigenvalue weighted by molar-refractivity contribution is -0.172. The second kappa shape index (κ2) is 20.7. The van der Waals surface area contributed by atoms with Crippen LogP contribution in [0.1, 0.15) is 86.7 Å². The number of nitrogens with zero attached hydrogens (tertiary/aromatic N) is 3. The number of nitrogens with two attached hydrogens (primary N) is 1. The molecular weight excluding hydrogens is 887 g/mol. The van der Waals surface area contributed by atoms with Crippen molar-refractivity contribution in [3.8, 4) is 28.7 Å². The van der Waals surface area contributed by atoms with Crippen LogP contribution in [0.5, 0.6) is 28.7 Å². The second-order valence-electron chi connectivity index (χ2n) is 15.5. The Bertz CT molecular complexity index is 2480. The SMILES string of the molecule is CC(=O)Oc1cccc(C(=O)NCCCCN(CC(=O)N(C(=O)C(N)c2ccc(O)cc2)[C@@H]2C(=O)N3[C@@H]2SC(C)(C)[C@@H]3C(=O)O)C(=O)c2cccc(OC(C)=O)c2OC(C)=O)c1OC(C)=O. The first-order valence-electron chi connectivity index (χ1n) is 20.2.